The van der Waals surface area contributed by atoms with Gasteiger partial charge in [-0.1, -0.05) is 36.4 Å². The second-order valence-electron chi connectivity index (χ2n) is 6.39. The maximum Gasteiger partial charge on any atom is 0.222 e. The zero-order valence-corrected chi connectivity index (χ0v) is 16.7. The molecule has 27 heavy (non-hydrogen) atoms. The normalized spacial score (nSPS) is 13.7. The first-order chi connectivity index (χ1) is 13.0. The van der Waals surface area contributed by atoms with Crippen LogP contribution in [-0.4, -0.2) is 36.6 Å². The van der Waals surface area contributed by atoms with Crippen LogP contribution in [0.5, 0.6) is 0 Å². The number of thiophene rings is 1. The Hall–Kier alpha value is -2.38. The second-order valence-corrected chi connectivity index (χ2v) is 7.33. The van der Waals surface area contributed by atoms with E-state index in [0.717, 1.165) is 10.4 Å². The van der Waals surface area contributed by atoms with Gasteiger partial charge in [-0.2, -0.15) is 0 Å². The molecule has 4 N–H and O–H groups in total. The first-order valence-electron chi connectivity index (χ1n) is 9.10. The van der Waals surface area contributed by atoms with Crippen molar-refractivity contribution in [2.75, 3.05) is 19.6 Å². The molecule has 1 amide bonds. The van der Waals surface area contributed by atoms with Crippen LogP contribution in [0.2, 0.25) is 0 Å². The van der Waals surface area contributed by atoms with Crippen molar-refractivity contribution in [3.05, 3.63) is 58.3 Å². The fraction of sp³-hybridized carbons (Fsp3) is 0.400. The quantitative estimate of drug-likeness (QED) is 0.392. The van der Waals surface area contributed by atoms with Crippen LogP contribution in [0.25, 0.3) is 0 Å². The molecule has 0 fully saturated rings. The molecule has 7 heteroatoms. The molecule has 0 aliphatic heterocycles. The summed E-state index contributed by atoms with van der Waals surface area (Å²) in [6, 6.07) is 13.6. The Morgan fingerprint density at radius 3 is 2.59 bits per heavy atom. The molecule has 1 heterocycles. The Kier molecular flexibility index (Phi) is 8.29. The first kappa shape index (κ1) is 20.9. The Bertz CT molecular complexity index is 715. The van der Waals surface area contributed by atoms with E-state index in [-0.39, 0.29) is 12.5 Å². The molecule has 146 valence electrons. The number of hydrogen-bond donors (Lipinski definition) is 4. The van der Waals surface area contributed by atoms with Gasteiger partial charge in [0, 0.05) is 30.9 Å². The third-order valence-corrected chi connectivity index (χ3v) is 5.04. The number of guanidine groups is 1. The molecule has 0 radical (unpaired) electrons. The number of nitrogens with zero attached hydrogens (tertiary/aromatic N) is 1. The summed E-state index contributed by atoms with van der Waals surface area (Å²) >= 11 is 1.51. The van der Waals surface area contributed by atoms with E-state index in [1.165, 1.54) is 11.3 Å². The average molecular weight is 389 g/mol. The molecule has 1 aromatic carbocycles. The summed E-state index contributed by atoms with van der Waals surface area (Å²) in [7, 11) is 0. The molecule has 0 saturated heterocycles. The number of carbonyl (C=O) groups excluding carboxylic acids is 1. The predicted octanol–water partition coefficient (Wildman–Crippen LogP) is 2.22. The largest absolute Gasteiger partial charge is 0.383 e. The number of aliphatic imine (C=N–C) groups is 1. The zero-order valence-electron chi connectivity index (χ0n) is 15.9. The molecule has 1 aromatic heterocycles. The van der Waals surface area contributed by atoms with Gasteiger partial charge in [-0.3, -0.25) is 4.79 Å². The van der Waals surface area contributed by atoms with E-state index >= 15 is 0 Å². The van der Waals surface area contributed by atoms with E-state index < -0.39 is 5.60 Å². The minimum atomic E-state index is -1.01. The lowest BCUT2D eigenvalue weighted by molar-refractivity contribution is -0.121. The number of nitrogens with one attached hydrogen (secondary N) is 3. The highest BCUT2D eigenvalue weighted by atomic mass is 32.1. The minimum absolute atomic E-state index is 0.0206. The molecular weight excluding hydrogens is 360 g/mol. The highest BCUT2D eigenvalue weighted by Gasteiger charge is 2.23. The molecule has 0 aliphatic rings. The maximum atomic E-state index is 12.0. The number of carbonyl (C=O) groups is 1. The highest BCUT2D eigenvalue weighted by molar-refractivity contribution is 7.10. The summed E-state index contributed by atoms with van der Waals surface area (Å²) in [6.07, 6.45) is 0.346. The van der Waals surface area contributed by atoms with Crippen LogP contribution in [-0.2, 0) is 16.9 Å². The van der Waals surface area contributed by atoms with Gasteiger partial charge in [0.25, 0.3) is 0 Å². The van der Waals surface area contributed by atoms with Crippen LogP contribution in [0.3, 0.4) is 0 Å². The van der Waals surface area contributed by atoms with Crippen molar-refractivity contribution < 1.29 is 9.90 Å². The summed E-state index contributed by atoms with van der Waals surface area (Å²) in [5.41, 5.74) is 0.0633. The predicted molar refractivity (Wildman–Crippen MR) is 111 cm³/mol. The molecular formula is C20H28N4O2S. The molecule has 2 rings (SSSR count). The Labute approximate surface area is 164 Å². The Morgan fingerprint density at radius 2 is 1.93 bits per heavy atom. The second kappa shape index (κ2) is 10.7. The van der Waals surface area contributed by atoms with Crippen LogP contribution in [0.1, 0.15) is 30.7 Å². The van der Waals surface area contributed by atoms with Crippen molar-refractivity contribution >= 4 is 23.2 Å². The van der Waals surface area contributed by atoms with Crippen molar-refractivity contribution in [2.24, 2.45) is 4.99 Å². The lowest BCUT2D eigenvalue weighted by atomic mass is 10.1. The molecule has 6 nitrogen and oxygen atoms in total. The molecule has 0 saturated carbocycles. The summed E-state index contributed by atoms with van der Waals surface area (Å²) in [6.45, 7) is 5.66. The summed E-state index contributed by atoms with van der Waals surface area (Å²) in [5.74, 6) is 0.568. The van der Waals surface area contributed by atoms with Crippen LogP contribution >= 0.6 is 11.3 Å². The number of rotatable bonds is 9. The van der Waals surface area contributed by atoms with Crippen molar-refractivity contribution in [1.82, 2.24) is 16.0 Å². The van der Waals surface area contributed by atoms with Crippen LogP contribution in [0.4, 0.5) is 0 Å². The van der Waals surface area contributed by atoms with Crippen molar-refractivity contribution in [3.63, 3.8) is 0 Å². The Balaban J connectivity index is 1.77. The molecule has 0 spiro atoms. The van der Waals surface area contributed by atoms with E-state index in [9.17, 15) is 9.90 Å². The van der Waals surface area contributed by atoms with E-state index in [1.54, 1.807) is 6.92 Å². The van der Waals surface area contributed by atoms with Crippen LogP contribution in [0.15, 0.2) is 52.8 Å². The van der Waals surface area contributed by atoms with Gasteiger partial charge in [-0.25, -0.2) is 4.99 Å². The molecule has 1 unspecified atom stereocenters. The van der Waals surface area contributed by atoms with Crippen molar-refractivity contribution in [1.29, 1.82) is 0 Å². The molecule has 1 atom stereocenters. The lowest BCUT2D eigenvalue weighted by Gasteiger charge is -2.20. The van der Waals surface area contributed by atoms with Crippen LogP contribution < -0.4 is 16.0 Å². The van der Waals surface area contributed by atoms with Gasteiger partial charge in [-0.15, -0.1) is 11.3 Å². The van der Waals surface area contributed by atoms with Gasteiger partial charge in [-0.05, 0) is 30.9 Å². The third kappa shape index (κ3) is 7.40. The zero-order chi connectivity index (χ0) is 19.5. The fourth-order valence-corrected chi connectivity index (χ4v) is 3.20. The highest BCUT2D eigenvalue weighted by Crippen LogP contribution is 2.25. The number of benzene rings is 1. The van der Waals surface area contributed by atoms with Gasteiger partial charge in [0.15, 0.2) is 5.96 Å². The van der Waals surface area contributed by atoms with Gasteiger partial charge in [0.1, 0.15) is 5.60 Å². The minimum Gasteiger partial charge on any atom is -0.383 e. The molecule has 2 aromatic rings. The maximum absolute atomic E-state index is 12.0. The average Bonchev–Trinajstić information content (AvgIpc) is 3.21. The summed E-state index contributed by atoms with van der Waals surface area (Å²) in [4.78, 5) is 17.3. The van der Waals surface area contributed by atoms with Gasteiger partial charge in [0.2, 0.25) is 5.91 Å². The van der Waals surface area contributed by atoms with Gasteiger partial charge >= 0.3 is 0 Å². The number of hydrogen-bond acceptors (Lipinski definition) is 4. The molecule has 0 bridgehead atoms. The van der Waals surface area contributed by atoms with Crippen LogP contribution in [0, 0.1) is 0 Å². The monoisotopic (exact) mass is 388 g/mol. The van der Waals surface area contributed by atoms with Crippen molar-refractivity contribution in [3.8, 4) is 0 Å². The fourth-order valence-electron chi connectivity index (χ4n) is 2.42. The van der Waals surface area contributed by atoms with E-state index in [4.69, 9.17) is 0 Å². The molecule has 0 aliphatic carbocycles. The number of amides is 1. The topological polar surface area (TPSA) is 85.8 Å². The van der Waals surface area contributed by atoms with E-state index in [2.05, 4.69) is 20.9 Å². The standard InChI is InChI=1S/C20H28N4O2S/c1-3-21-19(24-15-20(2,26)17-10-7-13-27-17)22-12-11-18(25)23-14-16-8-5-4-6-9-16/h4-10,13,26H,3,11-12,14-15H2,1-2H3,(H,23,25)(H2,21,22,24). The van der Waals surface area contributed by atoms with E-state index in [1.807, 2.05) is 54.8 Å². The van der Waals surface area contributed by atoms with E-state index in [0.29, 0.717) is 32.0 Å². The smallest absolute Gasteiger partial charge is 0.222 e. The first-order valence-corrected chi connectivity index (χ1v) is 9.98. The van der Waals surface area contributed by atoms with Gasteiger partial charge < -0.3 is 21.1 Å². The summed E-state index contributed by atoms with van der Waals surface area (Å²) < 4.78 is 0. The number of aliphatic hydroxyl groups is 1. The Morgan fingerprint density at radius 1 is 1.15 bits per heavy atom. The van der Waals surface area contributed by atoms with Gasteiger partial charge in [0.05, 0.1) is 6.54 Å². The SMILES string of the molecule is CCNC(=NCC(C)(O)c1cccs1)NCCC(=O)NCc1ccccc1. The third-order valence-electron chi connectivity index (χ3n) is 3.92. The van der Waals surface area contributed by atoms with Crippen molar-refractivity contribution in [2.45, 2.75) is 32.4 Å². The summed E-state index contributed by atoms with van der Waals surface area (Å²) in [5, 5.41) is 21.7. The lowest BCUT2D eigenvalue weighted by Crippen LogP contribution is -2.40.